The summed E-state index contributed by atoms with van der Waals surface area (Å²) >= 11 is 2.01. The molecule has 2 N–H and O–H groups in total. The van der Waals surface area contributed by atoms with Crippen LogP contribution in [0.5, 0.6) is 0 Å². The maximum Gasteiger partial charge on any atom is 0.0121 e. The zero-order chi connectivity index (χ0) is 9.42. The van der Waals surface area contributed by atoms with E-state index in [0.717, 1.165) is 12.8 Å². The molecule has 0 bridgehead atoms. The highest BCUT2D eigenvalue weighted by atomic mass is 32.1. The van der Waals surface area contributed by atoms with Crippen LogP contribution in [0, 0.1) is 0 Å². The molecule has 0 aromatic carbocycles. The lowest BCUT2D eigenvalue weighted by molar-refractivity contribution is 0.717. The lowest BCUT2D eigenvalue weighted by Crippen LogP contribution is -2.19. The van der Waals surface area contributed by atoms with Crippen LogP contribution in [0.4, 0.5) is 0 Å². The number of fused-ring (bicyclic) bond motifs is 1. The standard InChI is InChI=1S/C11H17NS/c1-3-10-8-5-7(12)6-9(8)11(4-2)13-10/h7H,3-6,12H2,1-2H3. The second-order valence-electron chi connectivity index (χ2n) is 3.78. The van der Waals surface area contributed by atoms with Crippen LogP contribution in [-0.2, 0) is 25.7 Å². The summed E-state index contributed by atoms with van der Waals surface area (Å²) < 4.78 is 0. The third kappa shape index (κ3) is 1.42. The van der Waals surface area contributed by atoms with Gasteiger partial charge in [-0.05, 0) is 36.8 Å². The minimum Gasteiger partial charge on any atom is -0.327 e. The molecule has 0 amide bonds. The number of aryl methyl sites for hydroxylation is 2. The molecule has 2 rings (SSSR count). The van der Waals surface area contributed by atoms with Crippen molar-refractivity contribution in [1.29, 1.82) is 0 Å². The summed E-state index contributed by atoms with van der Waals surface area (Å²) in [4.78, 5) is 3.17. The van der Waals surface area contributed by atoms with E-state index in [1.165, 1.54) is 12.8 Å². The highest BCUT2D eigenvalue weighted by Crippen LogP contribution is 2.35. The van der Waals surface area contributed by atoms with E-state index >= 15 is 0 Å². The van der Waals surface area contributed by atoms with E-state index in [2.05, 4.69) is 13.8 Å². The molecule has 0 spiro atoms. The molecule has 0 aliphatic heterocycles. The molecule has 13 heavy (non-hydrogen) atoms. The molecule has 1 aromatic heterocycles. The number of thiophene rings is 1. The quantitative estimate of drug-likeness (QED) is 0.770. The van der Waals surface area contributed by atoms with Crippen molar-refractivity contribution in [2.24, 2.45) is 5.73 Å². The Morgan fingerprint density at radius 2 is 1.62 bits per heavy atom. The molecule has 0 atom stereocenters. The van der Waals surface area contributed by atoms with Crippen molar-refractivity contribution in [1.82, 2.24) is 0 Å². The molecule has 0 fully saturated rings. The van der Waals surface area contributed by atoms with Crippen molar-refractivity contribution < 1.29 is 0 Å². The fourth-order valence-corrected chi connectivity index (χ4v) is 3.50. The van der Waals surface area contributed by atoms with Gasteiger partial charge in [0.1, 0.15) is 0 Å². The molecular weight excluding hydrogens is 178 g/mol. The molecule has 2 heteroatoms. The Kier molecular flexibility index (Phi) is 2.43. The van der Waals surface area contributed by atoms with Crippen LogP contribution in [0.15, 0.2) is 0 Å². The molecule has 72 valence electrons. The van der Waals surface area contributed by atoms with Crippen LogP contribution >= 0.6 is 11.3 Å². The van der Waals surface area contributed by atoms with Gasteiger partial charge in [0.15, 0.2) is 0 Å². The summed E-state index contributed by atoms with van der Waals surface area (Å²) in [5.74, 6) is 0. The van der Waals surface area contributed by atoms with E-state index in [1.807, 2.05) is 11.3 Å². The fourth-order valence-electron chi connectivity index (χ4n) is 2.25. The van der Waals surface area contributed by atoms with Crippen molar-refractivity contribution in [2.45, 2.75) is 45.6 Å². The Bertz CT molecular complexity index is 286. The first-order chi connectivity index (χ1) is 6.26. The van der Waals surface area contributed by atoms with Crippen molar-refractivity contribution in [3.63, 3.8) is 0 Å². The summed E-state index contributed by atoms with van der Waals surface area (Å²) in [6, 6.07) is 0.397. The predicted molar refractivity (Wildman–Crippen MR) is 58.5 cm³/mol. The number of rotatable bonds is 2. The zero-order valence-corrected chi connectivity index (χ0v) is 9.21. The fraction of sp³-hybridized carbons (Fsp3) is 0.636. The molecule has 1 aliphatic carbocycles. The van der Waals surface area contributed by atoms with E-state index in [0.29, 0.717) is 6.04 Å². The highest BCUT2D eigenvalue weighted by Gasteiger charge is 2.25. The molecule has 1 heterocycles. The van der Waals surface area contributed by atoms with E-state index in [-0.39, 0.29) is 0 Å². The third-order valence-electron chi connectivity index (χ3n) is 2.86. The van der Waals surface area contributed by atoms with Gasteiger partial charge in [-0.15, -0.1) is 11.3 Å². The Morgan fingerprint density at radius 3 is 2.00 bits per heavy atom. The molecule has 1 aromatic rings. The van der Waals surface area contributed by atoms with Crippen LogP contribution in [0.1, 0.15) is 34.7 Å². The second kappa shape index (κ2) is 3.43. The molecule has 0 saturated heterocycles. The van der Waals surface area contributed by atoms with Crippen LogP contribution in [0.3, 0.4) is 0 Å². The maximum absolute atomic E-state index is 5.98. The van der Waals surface area contributed by atoms with Crippen molar-refractivity contribution >= 4 is 11.3 Å². The minimum atomic E-state index is 0.397. The van der Waals surface area contributed by atoms with Gasteiger partial charge in [-0.3, -0.25) is 0 Å². The first kappa shape index (κ1) is 9.22. The Hall–Kier alpha value is -0.340. The third-order valence-corrected chi connectivity index (χ3v) is 4.42. The Labute approximate surface area is 84.0 Å². The van der Waals surface area contributed by atoms with Gasteiger partial charge in [0, 0.05) is 15.8 Å². The van der Waals surface area contributed by atoms with Gasteiger partial charge in [-0.25, -0.2) is 0 Å². The van der Waals surface area contributed by atoms with E-state index in [9.17, 15) is 0 Å². The smallest absolute Gasteiger partial charge is 0.0121 e. The van der Waals surface area contributed by atoms with Crippen molar-refractivity contribution in [3.05, 3.63) is 20.9 Å². The average molecular weight is 195 g/mol. The lowest BCUT2D eigenvalue weighted by Gasteiger charge is -2.00. The van der Waals surface area contributed by atoms with Crippen LogP contribution < -0.4 is 5.73 Å². The first-order valence-electron chi connectivity index (χ1n) is 5.14. The first-order valence-corrected chi connectivity index (χ1v) is 5.95. The lowest BCUT2D eigenvalue weighted by atomic mass is 10.1. The van der Waals surface area contributed by atoms with Crippen molar-refractivity contribution in [2.75, 3.05) is 0 Å². The van der Waals surface area contributed by atoms with Gasteiger partial charge >= 0.3 is 0 Å². The Balaban J connectivity index is 2.43. The SMILES string of the molecule is CCc1sc(CC)c2c1CC(N)C2. The van der Waals surface area contributed by atoms with Gasteiger partial charge in [0.25, 0.3) is 0 Å². The van der Waals surface area contributed by atoms with Gasteiger partial charge in [-0.2, -0.15) is 0 Å². The molecule has 0 radical (unpaired) electrons. The number of nitrogens with two attached hydrogens (primary N) is 1. The number of hydrogen-bond donors (Lipinski definition) is 1. The molecular formula is C11H17NS. The van der Waals surface area contributed by atoms with Gasteiger partial charge < -0.3 is 5.73 Å². The Morgan fingerprint density at radius 1 is 1.15 bits per heavy atom. The molecule has 1 aliphatic rings. The van der Waals surface area contributed by atoms with E-state index in [4.69, 9.17) is 5.73 Å². The summed E-state index contributed by atoms with van der Waals surface area (Å²) in [7, 11) is 0. The normalized spacial score (nSPS) is 16.5. The van der Waals surface area contributed by atoms with E-state index < -0.39 is 0 Å². The zero-order valence-electron chi connectivity index (χ0n) is 8.39. The van der Waals surface area contributed by atoms with E-state index in [1.54, 1.807) is 20.9 Å². The summed E-state index contributed by atoms with van der Waals surface area (Å²) in [6.45, 7) is 4.49. The van der Waals surface area contributed by atoms with Crippen LogP contribution in [0.2, 0.25) is 0 Å². The van der Waals surface area contributed by atoms with Crippen molar-refractivity contribution in [3.8, 4) is 0 Å². The van der Waals surface area contributed by atoms with Crippen LogP contribution in [-0.4, -0.2) is 6.04 Å². The minimum absolute atomic E-state index is 0.397. The largest absolute Gasteiger partial charge is 0.327 e. The van der Waals surface area contributed by atoms with Crippen LogP contribution in [0.25, 0.3) is 0 Å². The molecule has 1 nitrogen and oxygen atoms in total. The topological polar surface area (TPSA) is 26.0 Å². The maximum atomic E-state index is 5.98. The summed E-state index contributed by atoms with van der Waals surface area (Å²) in [5, 5.41) is 0. The molecule has 0 unspecified atom stereocenters. The predicted octanol–water partition coefficient (Wildman–Crippen LogP) is 2.30. The van der Waals surface area contributed by atoms with Gasteiger partial charge in [0.05, 0.1) is 0 Å². The molecule has 0 saturated carbocycles. The summed E-state index contributed by atoms with van der Waals surface area (Å²) in [6.07, 6.45) is 4.60. The average Bonchev–Trinajstić information content (AvgIpc) is 2.61. The highest BCUT2D eigenvalue weighted by molar-refractivity contribution is 7.12. The monoisotopic (exact) mass is 195 g/mol. The van der Waals surface area contributed by atoms with Gasteiger partial charge in [0.2, 0.25) is 0 Å². The second-order valence-corrected chi connectivity index (χ2v) is 4.97. The van der Waals surface area contributed by atoms with Gasteiger partial charge in [-0.1, -0.05) is 13.8 Å². The number of hydrogen-bond acceptors (Lipinski definition) is 2. The summed E-state index contributed by atoms with van der Waals surface area (Å²) in [5.41, 5.74) is 9.17.